The van der Waals surface area contributed by atoms with Crippen LogP contribution < -0.4 is 10.3 Å². The quantitative estimate of drug-likeness (QED) is 0.718. The Morgan fingerprint density at radius 2 is 1.93 bits per heavy atom. The maximum absolute atomic E-state index is 12.9. The number of rotatable bonds is 6. The summed E-state index contributed by atoms with van der Waals surface area (Å²) in [5, 5.41) is 0. The van der Waals surface area contributed by atoms with E-state index in [4.69, 9.17) is 4.74 Å². The Hall–Kier alpha value is -1.62. The van der Waals surface area contributed by atoms with Crippen LogP contribution in [0.1, 0.15) is 63.3 Å². The molecule has 3 rings (SSSR count). The van der Waals surface area contributed by atoms with Crippen molar-refractivity contribution < 1.29 is 13.2 Å². The van der Waals surface area contributed by atoms with Gasteiger partial charge in [-0.05, 0) is 65.4 Å². The van der Waals surface area contributed by atoms with Crippen LogP contribution in [0.4, 0.5) is 0 Å². The lowest BCUT2D eigenvalue weighted by molar-refractivity contribution is -0.00299. The van der Waals surface area contributed by atoms with Crippen molar-refractivity contribution in [1.82, 2.24) is 9.29 Å². The topological polar surface area (TPSA) is 77.4 Å². The molecule has 1 aliphatic heterocycles. The van der Waals surface area contributed by atoms with Gasteiger partial charge in [0.1, 0.15) is 0 Å². The number of nitrogens with zero attached hydrogens (tertiary/aromatic N) is 1. The molecule has 0 aromatic carbocycles. The lowest BCUT2D eigenvalue weighted by atomic mass is 9.88. The Morgan fingerprint density at radius 1 is 1.21 bits per heavy atom. The Balaban J connectivity index is 1.79. The third-order valence-corrected chi connectivity index (χ3v) is 7.56. The Morgan fingerprint density at radius 3 is 2.59 bits per heavy atom. The zero-order valence-corrected chi connectivity index (χ0v) is 18.4. The first-order chi connectivity index (χ1) is 13.8. The summed E-state index contributed by atoms with van der Waals surface area (Å²) in [6.07, 6.45) is 5.42. The average molecular weight is 421 g/mol. The third-order valence-electron chi connectivity index (χ3n) is 6.14. The number of hydrogen-bond donors (Lipinski definition) is 1. The number of nitrogens with one attached hydrogen (secondary N) is 1. The molecule has 1 aromatic heterocycles. The van der Waals surface area contributed by atoms with Crippen LogP contribution in [0.3, 0.4) is 0 Å². The van der Waals surface area contributed by atoms with Crippen molar-refractivity contribution in [2.75, 3.05) is 12.4 Å². The van der Waals surface area contributed by atoms with Crippen molar-refractivity contribution in [1.29, 1.82) is 0 Å². The van der Waals surface area contributed by atoms with Gasteiger partial charge in [-0.1, -0.05) is 6.07 Å². The van der Waals surface area contributed by atoms with E-state index in [-0.39, 0.29) is 29.5 Å². The molecular weight excluding hydrogens is 388 g/mol. The Kier molecular flexibility index (Phi) is 7.20. The van der Waals surface area contributed by atoms with Gasteiger partial charge in [0.05, 0.1) is 24.5 Å². The number of sulfonamides is 1. The summed E-state index contributed by atoms with van der Waals surface area (Å²) >= 11 is 0. The summed E-state index contributed by atoms with van der Waals surface area (Å²) in [7, 11) is -3.37. The Labute approximate surface area is 174 Å². The van der Waals surface area contributed by atoms with Crippen molar-refractivity contribution in [3.63, 3.8) is 0 Å². The minimum atomic E-state index is -3.37. The maximum Gasteiger partial charge on any atom is 0.254 e. The predicted octanol–water partition coefficient (Wildman–Crippen LogP) is 2.55. The zero-order valence-electron chi connectivity index (χ0n) is 17.6. The van der Waals surface area contributed by atoms with Gasteiger partial charge in [-0.3, -0.25) is 4.79 Å². The van der Waals surface area contributed by atoms with E-state index in [1.165, 1.54) is 0 Å². The normalized spacial score (nSPS) is 27.0. The number of pyridine rings is 1. The summed E-state index contributed by atoms with van der Waals surface area (Å²) in [4.78, 5) is 12.9. The van der Waals surface area contributed by atoms with Crippen LogP contribution in [0.15, 0.2) is 16.9 Å². The standard InChI is InChI=1S/C22H32N2O4S/c1-4-6-17-8-12-19(13-9-17)28-15-21-20(23-29(26,27)5-2)14-11-18-10-7-16(3)22(25)24(18)21/h7,10,17,19-21,23H,5,8-9,11-15H2,1-3H3. The molecule has 2 aliphatic rings. The molecule has 7 heteroatoms. The molecule has 1 saturated carbocycles. The smallest absolute Gasteiger partial charge is 0.254 e. The molecule has 0 saturated heterocycles. The van der Waals surface area contributed by atoms with E-state index in [0.717, 1.165) is 31.4 Å². The fourth-order valence-electron chi connectivity index (χ4n) is 4.39. The molecule has 0 radical (unpaired) electrons. The SMILES string of the molecule is CC#CC1CCC(OCC2C(NS(=O)(=O)CC)CCc3ccc(C)c(=O)n32)CC1. The van der Waals surface area contributed by atoms with Crippen molar-refractivity contribution >= 4 is 10.0 Å². The molecule has 1 aliphatic carbocycles. The average Bonchev–Trinajstić information content (AvgIpc) is 2.71. The van der Waals surface area contributed by atoms with Crippen molar-refractivity contribution in [2.45, 2.75) is 77.5 Å². The highest BCUT2D eigenvalue weighted by molar-refractivity contribution is 7.89. The first-order valence-electron chi connectivity index (χ1n) is 10.6. The van der Waals surface area contributed by atoms with Crippen LogP contribution in [0.2, 0.25) is 0 Å². The summed E-state index contributed by atoms with van der Waals surface area (Å²) in [6, 6.07) is 3.15. The van der Waals surface area contributed by atoms with Crippen LogP contribution in [-0.2, 0) is 21.2 Å². The molecule has 0 bridgehead atoms. The van der Waals surface area contributed by atoms with Gasteiger partial charge in [0, 0.05) is 23.2 Å². The summed E-state index contributed by atoms with van der Waals surface area (Å²) < 4.78 is 35.3. The molecule has 1 aromatic rings. The third kappa shape index (κ3) is 5.30. The second kappa shape index (κ2) is 9.46. The van der Waals surface area contributed by atoms with Crippen LogP contribution >= 0.6 is 0 Å². The first-order valence-corrected chi connectivity index (χ1v) is 12.2. The first kappa shape index (κ1) is 22.1. The van der Waals surface area contributed by atoms with Gasteiger partial charge < -0.3 is 9.30 Å². The second-order valence-electron chi connectivity index (χ2n) is 8.12. The van der Waals surface area contributed by atoms with Crippen molar-refractivity contribution in [2.24, 2.45) is 5.92 Å². The van der Waals surface area contributed by atoms with E-state index in [1.807, 2.05) is 19.1 Å². The summed E-state index contributed by atoms with van der Waals surface area (Å²) in [6.45, 7) is 5.63. The van der Waals surface area contributed by atoms with Gasteiger partial charge in [-0.25, -0.2) is 13.1 Å². The van der Waals surface area contributed by atoms with E-state index in [9.17, 15) is 13.2 Å². The van der Waals surface area contributed by atoms with Crippen molar-refractivity contribution in [3.8, 4) is 11.8 Å². The fourth-order valence-corrected chi connectivity index (χ4v) is 5.29. The molecule has 0 amide bonds. The Bertz CT molecular complexity index is 934. The molecule has 2 unspecified atom stereocenters. The molecule has 160 valence electrons. The lowest BCUT2D eigenvalue weighted by Crippen LogP contribution is -2.50. The highest BCUT2D eigenvalue weighted by Gasteiger charge is 2.34. The molecule has 6 nitrogen and oxygen atoms in total. The van der Waals surface area contributed by atoms with Gasteiger partial charge in [-0.15, -0.1) is 11.8 Å². The number of aryl methyl sites for hydroxylation is 2. The molecule has 2 heterocycles. The minimum absolute atomic E-state index is 0.0229. The highest BCUT2D eigenvalue weighted by atomic mass is 32.2. The van der Waals surface area contributed by atoms with E-state index in [0.29, 0.717) is 30.9 Å². The highest BCUT2D eigenvalue weighted by Crippen LogP contribution is 2.29. The molecule has 2 atom stereocenters. The molecule has 29 heavy (non-hydrogen) atoms. The van der Waals surface area contributed by atoms with Gasteiger partial charge in [-0.2, -0.15) is 0 Å². The molecule has 0 spiro atoms. The lowest BCUT2D eigenvalue weighted by Gasteiger charge is -2.37. The fraction of sp³-hybridized carbons (Fsp3) is 0.682. The molecule has 1 fully saturated rings. The largest absolute Gasteiger partial charge is 0.376 e. The van der Waals surface area contributed by atoms with Gasteiger partial charge in [0.15, 0.2) is 0 Å². The molecular formula is C22H32N2O4S. The number of ether oxygens (including phenoxy) is 1. The predicted molar refractivity (Wildman–Crippen MR) is 114 cm³/mol. The van der Waals surface area contributed by atoms with E-state index in [2.05, 4.69) is 16.6 Å². The van der Waals surface area contributed by atoms with E-state index in [1.54, 1.807) is 18.4 Å². The van der Waals surface area contributed by atoms with Crippen molar-refractivity contribution in [3.05, 3.63) is 33.7 Å². The van der Waals surface area contributed by atoms with E-state index >= 15 is 0 Å². The zero-order chi connectivity index (χ0) is 21.0. The summed E-state index contributed by atoms with van der Waals surface area (Å²) in [5.41, 5.74) is 1.55. The van der Waals surface area contributed by atoms with Crippen LogP contribution in [0.25, 0.3) is 0 Å². The number of fused-ring (bicyclic) bond motifs is 1. The second-order valence-corrected chi connectivity index (χ2v) is 10.2. The monoisotopic (exact) mass is 420 g/mol. The van der Waals surface area contributed by atoms with Crippen LogP contribution in [0.5, 0.6) is 0 Å². The minimum Gasteiger partial charge on any atom is -0.376 e. The van der Waals surface area contributed by atoms with E-state index < -0.39 is 10.0 Å². The van der Waals surface area contributed by atoms with Crippen LogP contribution in [-0.4, -0.2) is 37.5 Å². The van der Waals surface area contributed by atoms with Crippen LogP contribution in [0, 0.1) is 24.7 Å². The molecule has 1 N–H and O–H groups in total. The van der Waals surface area contributed by atoms with Gasteiger partial charge >= 0.3 is 0 Å². The summed E-state index contributed by atoms with van der Waals surface area (Å²) in [5.74, 6) is 6.72. The number of aromatic nitrogens is 1. The van der Waals surface area contributed by atoms with Gasteiger partial charge in [0.25, 0.3) is 5.56 Å². The maximum atomic E-state index is 12.9. The van der Waals surface area contributed by atoms with Gasteiger partial charge in [0.2, 0.25) is 10.0 Å². The number of hydrogen-bond acceptors (Lipinski definition) is 4.